The maximum atomic E-state index is 12.7. The van der Waals surface area contributed by atoms with Crippen molar-refractivity contribution in [1.82, 2.24) is 4.90 Å². The first-order valence-electron chi connectivity index (χ1n) is 10.1. The van der Waals surface area contributed by atoms with E-state index < -0.39 is 0 Å². The van der Waals surface area contributed by atoms with Gasteiger partial charge in [0.2, 0.25) is 5.91 Å². The van der Waals surface area contributed by atoms with Crippen LogP contribution in [-0.4, -0.2) is 62.4 Å². The van der Waals surface area contributed by atoms with Crippen molar-refractivity contribution < 1.29 is 23.9 Å². The number of anilines is 2. The molecule has 0 unspecified atom stereocenters. The Hall–Kier alpha value is -3.55. The summed E-state index contributed by atoms with van der Waals surface area (Å²) in [6.45, 7) is 5.27. The van der Waals surface area contributed by atoms with Crippen molar-refractivity contribution in [2.75, 3.05) is 50.1 Å². The lowest BCUT2D eigenvalue weighted by atomic mass is 10.1. The number of hydrogen-bond acceptors (Lipinski definition) is 6. The summed E-state index contributed by atoms with van der Waals surface area (Å²) in [5.74, 6) is 0.577. The van der Waals surface area contributed by atoms with Crippen LogP contribution in [0.3, 0.4) is 0 Å². The van der Waals surface area contributed by atoms with E-state index in [4.69, 9.17) is 9.47 Å². The molecule has 2 aromatic rings. The van der Waals surface area contributed by atoms with Gasteiger partial charge in [0.25, 0.3) is 5.91 Å². The Kier molecular flexibility index (Phi) is 7.12. The van der Waals surface area contributed by atoms with Crippen LogP contribution in [0.4, 0.5) is 11.4 Å². The number of ether oxygens (including phenoxy) is 2. The Morgan fingerprint density at radius 1 is 0.968 bits per heavy atom. The first kappa shape index (κ1) is 22.1. The molecule has 8 nitrogen and oxygen atoms in total. The monoisotopic (exact) mass is 425 g/mol. The minimum atomic E-state index is -0.263. The third kappa shape index (κ3) is 5.75. The first-order chi connectivity index (χ1) is 14.9. The van der Waals surface area contributed by atoms with Crippen molar-refractivity contribution >= 4 is 29.0 Å². The molecule has 0 spiro atoms. The highest BCUT2D eigenvalue weighted by Crippen LogP contribution is 2.26. The molecule has 1 heterocycles. The lowest BCUT2D eigenvalue weighted by Crippen LogP contribution is -2.50. The zero-order valence-corrected chi connectivity index (χ0v) is 18.0. The van der Waals surface area contributed by atoms with Gasteiger partial charge in [0.15, 0.2) is 12.4 Å². The Labute approximate surface area is 181 Å². The molecule has 0 bridgehead atoms. The zero-order valence-electron chi connectivity index (χ0n) is 18.0. The molecule has 0 aliphatic carbocycles. The van der Waals surface area contributed by atoms with E-state index in [2.05, 4.69) is 10.2 Å². The minimum absolute atomic E-state index is 0.125. The topological polar surface area (TPSA) is 88.2 Å². The van der Waals surface area contributed by atoms with Gasteiger partial charge in [-0.25, -0.2) is 0 Å². The third-order valence-electron chi connectivity index (χ3n) is 5.12. The van der Waals surface area contributed by atoms with Gasteiger partial charge in [-0.3, -0.25) is 14.4 Å². The number of piperazine rings is 1. The maximum Gasteiger partial charge on any atom is 0.260 e. The lowest BCUT2D eigenvalue weighted by molar-refractivity contribution is -0.133. The fourth-order valence-electron chi connectivity index (χ4n) is 3.39. The minimum Gasteiger partial charge on any atom is -0.497 e. The second-order valence-electron chi connectivity index (χ2n) is 7.30. The molecule has 1 aliphatic heterocycles. The average Bonchev–Trinajstić information content (AvgIpc) is 2.78. The molecule has 31 heavy (non-hydrogen) atoms. The molecule has 1 aliphatic rings. The first-order valence-corrected chi connectivity index (χ1v) is 10.1. The molecule has 0 aromatic heterocycles. The molecule has 2 aromatic carbocycles. The number of nitrogens with zero attached hydrogens (tertiary/aromatic N) is 2. The van der Waals surface area contributed by atoms with E-state index >= 15 is 0 Å². The van der Waals surface area contributed by atoms with Crippen LogP contribution in [0.25, 0.3) is 0 Å². The van der Waals surface area contributed by atoms with E-state index in [1.165, 1.54) is 13.8 Å². The zero-order chi connectivity index (χ0) is 22.4. The number of hydrogen-bond donors (Lipinski definition) is 1. The SMILES string of the molecule is COc1ccc(N2CCN(C(=O)COc3cc(C(C)=O)ccc3NC(C)=O)CC2)cc1. The van der Waals surface area contributed by atoms with Gasteiger partial charge in [0, 0.05) is 44.4 Å². The number of nitrogens with one attached hydrogen (secondary N) is 1. The van der Waals surface area contributed by atoms with Crippen LogP contribution >= 0.6 is 0 Å². The van der Waals surface area contributed by atoms with E-state index in [1.807, 2.05) is 24.3 Å². The molecule has 3 rings (SSSR count). The van der Waals surface area contributed by atoms with Crippen molar-refractivity contribution in [3.63, 3.8) is 0 Å². The number of Topliss-reactive ketones (excluding diaryl/α,β-unsaturated/α-hetero) is 1. The molecular formula is C23H27N3O5. The van der Waals surface area contributed by atoms with E-state index in [0.29, 0.717) is 30.1 Å². The third-order valence-corrected chi connectivity index (χ3v) is 5.12. The van der Waals surface area contributed by atoms with Crippen molar-refractivity contribution in [3.8, 4) is 11.5 Å². The number of methoxy groups -OCH3 is 1. The predicted molar refractivity (Wildman–Crippen MR) is 118 cm³/mol. The summed E-state index contributed by atoms with van der Waals surface area (Å²) in [6.07, 6.45) is 0. The Balaban J connectivity index is 1.58. The van der Waals surface area contributed by atoms with E-state index in [-0.39, 0.29) is 24.2 Å². The molecule has 0 saturated carbocycles. The molecule has 164 valence electrons. The molecular weight excluding hydrogens is 398 g/mol. The smallest absolute Gasteiger partial charge is 0.260 e. The summed E-state index contributed by atoms with van der Waals surface area (Å²) >= 11 is 0. The van der Waals surface area contributed by atoms with E-state index in [1.54, 1.807) is 30.2 Å². The molecule has 2 amide bonds. The molecule has 8 heteroatoms. The summed E-state index contributed by atoms with van der Waals surface area (Å²) in [5, 5.41) is 2.66. The Morgan fingerprint density at radius 2 is 1.65 bits per heavy atom. The molecule has 0 radical (unpaired) electrons. The maximum absolute atomic E-state index is 12.7. The number of carbonyl (C=O) groups excluding carboxylic acids is 3. The van der Waals surface area contributed by atoms with E-state index in [9.17, 15) is 14.4 Å². The van der Waals surface area contributed by atoms with Crippen molar-refractivity contribution in [3.05, 3.63) is 48.0 Å². The van der Waals surface area contributed by atoms with Gasteiger partial charge in [-0.2, -0.15) is 0 Å². The number of amides is 2. The fourth-order valence-corrected chi connectivity index (χ4v) is 3.39. The average molecular weight is 425 g/mol. The normalized spacial score (nSPS) is 13.5. The van der Waals surface area contributed by atoms with Crippen LogP contribution < -0.4 is 19.7 Å². The van der Waals surface area contributed by atoms with Gasteiger partial charge in [-0.05, 0) is 49.4 Å². The fraction of sp³-hybridized carbons (Fsp3) is 0.348. The Morgan fingerprint density at radius 3 is 2.23 bits per heavy atom. The highest BCUT2D eigenvalue weighted by Gasteiger charge is 2.22. The van der Waals surface area contributed by atoms with Crippen LogP contribution in [0.15, 0.2) is 42.5 Å². The second kappa shape index (κ2) is 9.97. The number of benzene rings is 2. The summed E-state index contributed by atoms with van der Waals surface area (Å²) in [5.41, 5.74) is 1.96. The molecule has 1 N–H and O–H groups in total. The van der Waals surface area contributed by atoms with Gasteiger partial charge in [-0.1, -0.05) is 0 Å². The van der Waals surface area contributed by atoms with E-state index in [0.717, 1.165) is 24.5 Å². The summed E-state index contributed by atoms with van der Waals surface area (Å²) < 4.78 is 10.9. The number of carbonyl (C=O) groups is 3. The van der Waals surface area contributed by atoms with Crippen molar-refractivity contribution in [2.45, 2.75) is 13.8 Å². The summed E-state index contributed by atoms with van der Waals surface area (Å²) in [4.78, 5) is 39.7. The standard InChI is InChI=1S/C23H27N3O5/c1-16(27)18-4-9-21(24-17(2)28)22(14-18)31-15-23(29)26-12-10-25(11-13-26)19-5-7-20(30-3)8-6-19/h4-9,14H,10-13,15H2,1-3H3,(H,24,28). The summed E-state index contributed by atoms with van der Waals surface area (Å²) in [6, 6.07) is 12.6. The molecule has 1 saturated heterocycles. The van der Waals surface area contributed by atoms with Crippen LogP contribution in [-0.2, 0) is 9.59 Å². The van der Waals surface area contributed by atoms with Crippen LogP contribution in [0, 0.1) is 0 Å². The highest BCUT2D eigenvalue weighted by atomic mass is 16.5. The van der Waals surface area contributed by atoms with Crippen LogP contribution in [0.5, 0.6) is 11.5 Å². The largest absolute Gasteiger partial charge is 0.497 e. The lowest BCUT2D eigenvalue weighted by Gasteiger charge is -2.36. The summed E-state index contributed by atoms with van der Waals surface area (Å²) in [7, 11) is 1.64. The Bertz CT molecular complexity index is 950. The van der Waals surface area contributed by atoms with Gasteiger partial charge in [0.05, 0.1) is 12.8 Å². The van der Waals surface area contributed by atoms with Crippen molar-refractivity contribution in [1.29, 1.82) is 0 Å². The van der Waals surface area contributed by atoms with Gasteiger partial charge in [0.1, 0.15) is 11.5 Å². The molecule has 1 fully saturated rings. The predicted octanol–water partition coefficient (Wildman–Crippen LogP) is 2.58. The van der Waals surface area contributed by atoms with Crippen molar-refractivity contribution in [2.24, 2.45) is 0 Å². The van der Waals surface area contributed by atoms with Crippen LogP contribution in [0.1, 0.15) is 24.2 Å². The second-order valence-corrected chi connectivity index (χ2v) is 7.30. The van der Waals surface area contributed by atoms with Gasteiger partial charge in [-0.15, -0.1) is 0 Å². The quantitative estimate of drug-likeness (QED) is 0.686. The highest BCUT2D eigenvalue weighted by molar-refractivity contribution is 5.96. The van der Waals surface area contributed by atoms with Gasteiger partial charge < -0.3 is 24.6 Å². The van der Waals surface area contributed by atoms with Gasteiger partial charge >= 0.3 is 0 Å². The molecule has 0 atom stereocenters. The number of rotatable bonds is 7. The number of ketones is 1. The van der Waals surface area contributed by atoms with Crippen LogP contribution in [0.2, 0.25) is 0 Å².